The normalized spacial score (nSPS) is 16.3. The van der Waals surface area contributed by atoms with Crippen molar-refractivity contribution in [1.82, 2.24) is 20.0 Å². The lowest BCUT2D eigenvalue weighted by Crippen LogP contribution is -2.36. The summed E-state index contributed by atoms with van der Waals surface area (Å²) in [7, 11) is 0. The van der Waals surface area contributed by atoms with Crippen LogP contribution in [0.15, 0.2) is 46.6 Å². The minimum atomic E-state index is 0.260. The predicted octanol–water partition coefficient (Wildman–Crippen LogP) is 3.37. The van der Waals surface area contributed by atoms with Gasteiger partial charge in [0.25, 0.3) is 5.89 Å². The molecule has 1 saturated heterocycles. The lowest BCUT2D eigenvalue weighted by molar-refractivity contribution is -0.0135. The summed E-state index contributed by atoms with van der Waals surface area (Å²) >= 11 is 1.82. The first-order valence-corrected chi connectivity index (χ1v) is 9.34. The largest absolute Gasteiger partial charge is 0.368 e. The van der Waals surface area contributed by atoms with E-state index in [2.05, 4.69) is 37.5 Å². The van der Waals surface area contributed by atoms with Gasteiger partial charge in [-0.2, -0.15) is 4.98 Å². The Hall–Kier alpha value is -2.09. The van der Waals surface area contributed by atoms with Crippen LogP contribution in [0.4, 0.5) is 0 Å². The summed E-state index contributed by atoms with van der Waals surface area (Å²) in [6.07, 6.45) is 5.77. The highest BCUT2D eigenvalue weighted by molar-refractivity contribution is 7.09. The van der Waals surface area contributed by atoms with Crippen molar-refractivity contribution in [3.8, 4) is 11.4 Å². The molecule has 0 aromatic carbocycles. The van der Waals surface area contributed by atoms with Crippen molar-refractivity contribution in [3.05, 3.63) is 52.8 Å². The third kappa shape index (κ3) is 4.31. The van der Waals surface area contributed by atoms with Crippen LogP contribution in [0.2, 0.25) is 0 Å². The number of ether oxygens (including phenoxy) is 1. The van der Waals surface area contributed by atoms with Crippen molar-refractivity contribution >= 4 is 11.3 Å². The number of piperidine rings is 1. The molecule has 7 heteroatoms. The summed E-state index contributed by atoms with van der Waals surface area (Å²) in [5.41, 5.74) is 0.895. The molecule has 3 aromatic rings. The molecule has 0 bridgehead atoms. The summed E-state index contributed by atoms with van der Waals surface area (Å²) in [6.45, 7) is 3.54. The van der Waals surface area contributed by atoms with Gasteiger partial charge in [-0.25, -0.2) is 0 Å². The highest BCUT2D eigenvalue weighted by Gasteiger charge is 2.21. The lowest BCUT2D eigenvalue weighted by atomic mass is 10.1. The van der Waals surface area contributed by atoms with Crippen LogP contribution in [0.3, 0.4) is 0 Å². The third-order valence-electron chi connectivity index (χ3n) is 4.34. The molecular formula is C18H20N4O2S. The number of rotatable bonds is 6. The first-order chi connectivity index (χ1) is 12.4. The molecule has 0 unspecified atom stereocenters. The van der Waals surface area contributed by atoms with Crippen LogP contribution in [0.25, 0.3) is 11.4 Å². The van der Waals surface area contributed by atoms with E-state index in [0.29, 0.717) is 18.3 Å². The minimum Gasteiger partial charge on any atom is -0.368 e. The van der Waals surface area contributed by atoms with Crippen LogP contribution < -0.4 is 0 Å². The van der Waals surface area contributed by atoms with E-state index in [4.69, 9.17) is 9.26 Å². The van der Waals surface area contributed by atoms with Crippen LogP contribution in [0.1, 0.15) is 23.6 Å². The summed E-state index contributed by atoms with van der Waals surface area (Å²) < 4.78 is 11.3. The summed E-state index contributed by atoms with van der Waals surface area (Å²) in [5, 5.41) is 6.14. The maximum absolute atomic E-state index is 5.97. The van der Waals surface area contributed by atoms with E-state index < -0.39 is 0 Å². The fourth-order valence-corrected chi connectivity index (χ4v) is 3.72. The molecule has 130 valence electrons. The van der Waals surface area contributed by atoms with E-state index in [1.807, 2.05) is 23.5 Å². The number of aromatic nitrogens is 3. The van der Waals surface area contributed by atoms with Crippen LogP contribution in [0, 0.1) is 0 Å². The van der Waals surface area contributed by atoms with E-state index in [9.17, 15) is 0 Å². The SMILES string of the molecule is c1csc(CN2CCC(OCc3nc(-c4ccncc4)no3)CC2)c1. The molecule has 1 aliphatic heterocycles. The van der Waals surface area contributed by atoms with E-state index in [1.54, 1.807) is 12.4 Å². The quantitative estimate of drug-likeness (QED) is 0.675. The van der Waals surface area contributed by atoms with E-state index in [0.717, 1.165) is 38.0 Å². The van der Waals surface area contributed by atoms with Crippen molar-refractivity contribution in [2.75, 3.05) is 13.1 Å². The molecule has 4 rings (SSSR count). The zero-order valence-corrected chi connectivity index (χ0v) is 14.7. The van der Waals surface area contributed by atoms with Gasteiger partial charge in [0.15, 0.2) is 0 Å². The zero-order valence-electron chi connectivity index (χ0n) is 13.9. The Morgan fingerprint density at radius 2 is 2.04 bits per heavy atom. The number of likely N-dealkylation sites (tertiary alicyclic amines) is 1. The summed E-state index contributed by atoms with van der Waals surface area (Å²) in [4.78, 5) is 12.3. The predicted molar refractivity (Wildman–Crippen MR) is 94.9 cm³/mol. The fourth-order valence-electron chi connectivity index (χ4n) is 2.98. The van der Waals surface area contributed by atoms with Crippen molar-refractivity contribution in [3.63, 3.8) is 0 Å². The maximum Gasteiger partial charge on any atom is 0.252 e. The Kier molecular flexibility index (Phi) is 5.15. The minimum absolute atomic E-state index is 0.260. The van der Waals surface area contributed by atoms with Gasteiger partial charge in [-0.1, -0.05) is 11.2 Å². The molecular weight excluding hydrogens is 336 g/mol. The summed E-state index contributed by atoms with van der Waals surface area (Å²) in [5.74, 6) is 1.10. The van der Waals surface area contributed by atoms with Crippen molar-refractivity contribution < 1.29 is 9.26 Å². The summed E-state index contributed by atoms with van der Waals surface area (Å²) in [6, 6.07) is 8.03. The van der Waals surface area contributed by atoms with Gasteiger partial charge in [0.1, 0.15) is 6.61 Å². The molecule has 0 spiro atoms. The van der Waals surface area contributed by atoms with Gasteiger partial charge in [-0.3, -0.25) is 9.88 Å². The fraction of sp³-hybridized carbons (Fsp3) is 0.389. The van der Waals surface area contributed by atoms with Crippen LogP contribution in [-0.4, -0.2) is 39.2 Å². The average Bonchev–Trinajstić information content (AvgIpc) is 3.34. The van der Waals surface area contributed by atoms with E-state index in [1.165, 1.54) is 4.88 Å². The Labute approximate surface area is 150 Å². The average molecular weight is 356 g/mol. The second-order valence-electron chi connectivity index (χ2n) is 6.11. The molecule has 0 amide bonds. The van der Waals surface area contributed by atoms with Crippen LogP contribution in [0.5, 0.6) is 0 Å². The molecule has 0 radical (unpaired) electrons. The van der Waals surface area contributed by atoms with Crippen molar-refractivity contribution in [1.29, 1.82) is 0 Å². The standard InChI is InChI=1S/C18H20N4O2S/c1-2-16(25-11-1)12-22-9-5-15(6-10-22)23-13-17-20-18(21-24-17)14-3-7-19-8-4-14/h1-4,7-8,11,15H,5-6,9-10,12-13H2. The molecule has 0 N–H and O–H groups in total. The van der Waals surface area contributed by atoms with Crippen LogP contribution >= 0.6 is 11.3 Å². The number of hydrogen-bond acceptors (Lipinski definition) is 7. The second kappa shape index (κ2) is 7.86. The van der Waals surface area contributed by atoms with Gasteiger partial charge in [0.05, 0.1) is 6.10 Å². The number of pyridine rings is 1. The molecule has 6 nitrogen and oxygen atoms in total. The van der Waals surface area contributed by atoms with Gasteiger partial charge in [-0.05, 0) is 36.4 Å². The van der Waals surface area contributed by atoms with Gasteiger partial charge < -0.3 is 9.26 Å². The first kappa shape index (κ1) is 16.4. The first-order valence-electron chi connectivity index (χ1n) is 8.46. The molecule has 1 fully saturated rings. The number of nitrogens with zero attached hydrogens (tertiary/aromatic N) is 4. The number of thiophene rings is 1. The van der Waals surface area contributed by atoms with E-state index in [-0.39, 0.29) is 6.10 Å². The molecule has 0 atom stereocenters. The zero-order chi connectivity index (χ0) is 16.9. The van der Waals surface area contributed by atoms with Gasteiger partial charge in [-0.15, -0.1) is 11.3 Å². The molecule has 0 saturated carbocycles. The lowest BCUT2D eigenvalue weighted by Gasteiger charge is -2.31. The second-order valence-corrected chi connectivity index (χ2v) is 7.15. The van der Waals surface area contributed by atoms with Gasteiger partial charge in [0, 0.05) is 42.5 Å². The molecule has 0 aliphatic carbocycles. The van der Waals surface area contributed by atoms with Crippen molar-refractivity contribution in [2.24, 2.45) is 0 Å². The molecule has 4 heterocycles. The Balaban J connectivity index is 1.24. The Morgan fingerprint density at radius 1 is 1.20 bits per heavy atom. The van der Waals surface area contributed by atoms with Gasteiger partial charge in [0.2, 0.25) is 5.82 Å². The van der Waals surface area contributed by atoms with Gasteiger partial charge >= 0.3 is 0 Å². The van der Waals surface area contributed by atoms with E-state index >= 15 is 0 Å². The third-order valence-corrected chi connectivity index (χ3v) is 5.20. The Morgan fingerprint density at radius 3 is 2.80 bits per heavy atom. The number of hydrogen-bond donors (Lipinski definition) is 0. The molecule has 3 aromatic heterocycles. The monoisotopic (exact) mass is 356 g/mol. The van der Waals surface area contributed by atoms with Crippen LogP contribution in [-0.2, 0) is 17.9 Å². The molecule has 1 aliphatic rings. The smallest absolute Gasteiger partial charge is 0.252 e. The topological polar surface area (TPSA) is 64.3 Å². The highest BCUT2D eigenvalue weighted by Crippen LogP contribution is 2.20. The highest BCUT2D eigenvalue weighted by atomic mass is 32.1. The maximum atomic E-state index is 5.97. The molecule has 25 heavy (non-hydrogen) atoms. The Bertz CT molecular complexity index is 767. The van der Waals surface area contributed by atoms with Crippen molar-refractivity contribution in [2.45, 2.75) is 32.1 Å².